The van der Waals surface area contributed by atoms with Crippen LogP contribution in [-0.4, -0.2) is 9.55 Å². The second-order valence-corrected chi connectivity index (χ2v) is 3.97. The highest BCUT2D eigenvalue weighted by Crippen LogP contribution is 2.15. The maximum Gasteiger partial charge on any atom is 0.420 e. The molecule has 90 valence electrons. The molecule has 1 aromatic carbocycles. The predicted octanol–water partition coefficient (Wildman–Crippen LogP) is 1.62. The summed E-state index contributed by atoms with van der Waals surface area (Å²) in [6.45, 7) is 0.357. The Labute approximate surface area is 102 Å². The molecule has 18 heavy (non-hydrogen) atoms. The topological polar surface area (TPSA) is 74.0 Å². The molecule has 0 radical (unpaired) electrons. The molecule has 0 saturated carbocycles. The van der Waals surface area contributed by atoms with Gasteiger partial charge in [-0.3, -0.25) is 4.57 Å². The van der Waals surface area contributed by atoms with Gasteiger partial charge in [0.05, 0.1) is 12.1 Å². The number of hydrogen-bond donors (Lipinski definition) is 1. The molecule has 0 atom stereocenters. The molecule has 0 aliphatic rings. The van der Waals surface area contributed by atoms with E-state index in [0.29, 0.717) is 17.9 Å². The molecule has 3 rings (SSSR count). The summed E-state index contributed by atoms with van der Waals surface area (Å²) < 4.78 is 6.70. The van der Waals surface area contributed by atoms with E-state index in [1.54, 1.807) is 22.9 Å². The summed E-state index contributed by atoms with van der Waals surface area (Å²) in [4.78, 5) is 15.8. The zero-order valence-electron chi connectivity index (χ0n) is 9.54. The van der Waals surface area contributed by atoms with Crippen LogP contribution in [0.15, 0.2) is 51.8 Å². The molecule has 0 aliphatic carbocycles. The first-order valence-electron chi connectivity index (χ1n) is 5.53. The van der Waals surface area contributed by atoms with Crippen LogP contribution in [0.5, 0.6) is 0 Å². The minimum atomic E-state index is -0.389. The van der Waals surface area contributed by atoms with Gasteiger partial charge in [-0.05, 0) is 18.2 Å². The maximum atomic E-state index is 11.8. The maximum absolute atomic E-state index is 11.8. The Morgan fingerprint density at radius 1 is 1.22 bits per heavy atom. The third-order valence-corrected chi connectivity index (χ3v) is 2.83. The second-order valence-electron chi connectivity index (χ2n) is 3.97. The molecule has 5 nitrogen and oxygen atoms in total. The lowest BCUT2D eigenvalue weighted by Crippen LogP contribution is -2.16. The fourth-order valence-electron chi connectivity index (χ4n) is 1.92. The first kappa shape index (κ1) is 10.6. The largest absolute Gasteiger partial charge is 0.420 e. The number of nitrogens with zero attached hydrogens (tertiary/aromatic N) is 2. The summed E-state index contributed by atoms with van der Waals surface area (Å²) in [5, 5.41) is 0. The van der Waals surface area contributed by atoms with Crippen LogP contribution in [0.25, 0.3) is 11.1 Å². The van der Waals surface area contributed by atoms with E-state index in [-0.39, 0.29) is 5.76 Å². The van der Waals surface area contributed by atoms with Gasteiger partial charge in [0, 0.05) is 11.8 Å². The fraction of sp³-hybridized carbons (Fsp3) is 0.0769. The number of para-hydroxylation sites is 2. The standard InChI is InChI=1S/C13H11N3O2/c14-12-9(4-3-7-15-12)8-16-10-5-1-2-6-11(10)18-13(16)17/h1-7H,8H2,(H2,14,15). The van der Waals surface area contributed by atoms with Crippen molar-refractivity contribution in [2.75, 3.05) is 5.73 Å². The summed E-state index contributed by atoms with van der Waals surface area (Å²) in [5.74, 6) is 0.0362. The lowest BCUT2D eigenvalue weighted by Gasteiger charge is -2.04. The molecule has 2 N–H and O–H groups in total. The average Bonchev–Trinajstić information content (AvgIpc) is 2.69. The van der Waals surface area contributed by atoms with Crippen LogP contribution in [0.1, 0.15) is 5.56 Å². The van der Waals surface area contributed by atoms with Crippen molar-refractivity contribution in [2.24, 2.45) is 0 Å². The molecule has 0 fully saturated rings. The normalized spacial score (nSPS) is 10.9. The Kier molecular flexibility index (Phi) is 2.37. The highest BCUT2D eigenvalue weighted by atomic mass is 16.4. The van der Waals surface area contributed by atoms with Gasteiger partial charge in [0.15, 0.2) is 5.58 Å². The molecule has 0 unspecified atom stereocenters. The van der Waals surface area contributed by atoms with E-state index in [1.165, 1.54) is 0 Å². The van der Waals surface area contributed by atoms with E-state index in [4.69, 9.17) is 10.2 Å². The Hall–Kier alpha value is -2.56. The van der Waals surface area contributed by atoms with Crippen molar-refractivity contribution in [2.45, 2.75) is 6.54 Å². The molecular weight excluding hydrogens is 230 g/mol. The minimum Gasteiger partial charge on any atom is -0.408 e. The fourth-order valence-corrected chi connectivity index (χ4v) is 1.92. The number of anilines is 1. The molecule has 0 bridgehead atoms. The molecule has 2 heterocycles. The summed E-state index contributed by atoms with van der Waals surface area (Å²) >= 11 is 0. The van der Waals surface area contributed by atoms with E-state index in [9.17, 15) is 4.79 Å². The summed E-state index contributed by atoms with van der Waals surface area (Å²) in [6.07, 6.45) is 1.62. The van der Waals surface area contributed by atoms with Gasteiger partial charge in [-0.2, -0.15) is 0 Å². The Morgan fingerprint density at radius 3 is 2.89 bits per heavy atom. The lowest BCUT2D eigenvalue weighted by atomic mass is 10.2. The lowest BCUT2D eigenvalue weighted by molar-refractivity contribution is 0.518. The van der Waals surface area contributed by atoms with Crippen molar-refractivity contribution in [3.05, 3.63) is 58.7 Å². The van der Waals surface area contributed by atoms with Gasteiger partial charge < -0.3 is 10.2 Å². The molecular formula is C13H11N3O2. The first-order chi connectivity index (χ1) is 8.75. The third kappa shape index (κ3) is 1.66. The number of benzene rings is 1. The SMILES string of the molecule is Nc1ncccc1Cn1c(=O)oc2ccccc21. The number of fused-ring (bicyclic) bond motifs is 1. The van der Waals surface area contributed by atoms with Crippen LogP contribution in [0, 0.1) is 0 Å². The first-order valence-corrected chi connectivity index (χ1v) is 5.53. The number of hydrogen-bond acceptors (Lipinski definition) is 4. The van der Waals surface area contributed by atoms with Crippen LogP contribution < -0.4 is 11.5 Å². The number of nitrogen functional groups attached to an aromatic ring is 1. The Morgan fingerprint density at radius 2 is 2.06 bits per heavy atom. The van der Waals surface area contributed by atoms with Crippen LogP contribution in [-0.2, 0) is 6.54 Å². The smallest absolute Gasteiger partial charge is 0.408 e. The predicted molar refractivity (Wildman–Crippen MR) is 68.2 cm³/mol. The van der Waals surface area contributed by atoms with E-state index in [0.717, 1.165) is 11.1 Å². The molecule has 0 saturated heterocycles. The van der Waals surface area contributed by atoms with Crippen LogP contribution >= 0.6 is 0 Å². The number of rotatable bonds is 2. The van der Waals surface area contributed by atoms with E-state index >= 15 is 0 Å². The van der Waals surface area contributed by atoms with Crippen molar-refractivity contribution in [3.63, 3.8) is 0 Å². The van der Waals surface area contributed by atoms with Gasteiger partial charge in [-0.25, -0.2) is 9.78 Å². The third-order valence-electron chi connectivity index (χ3n) is 2.83. The molecule has 3 aromatic rings. The van der Waals surface area contributed by atoms with Crippen LogP contribution in [0.2, 0.25) is 0 Å². The van der Waals surface area contributed by atoms with Gasteiger partial charge in [0.2, 0.25) is 0 Å². The van der Waals surface area contributed by atoms with Crippen LogP contribution in [0.4, 0.5) is 5.82 Å². The monoisotopic (exact) mass is 241 g/mol. The molecule has 0 amide bonds. The zero-order chi connectivity index (χ0) is 12.5. The number of oxazole rings is 1. The van der Waals surface area contributed by atoms with Crippen molar-refractivity contribution < 1.29 is 4.42 Å². The second kappa shape index (κ2) is 4.03. The molecule has 2 aromatic heterocycles. The van der Waals surface area contributed by atoms with Crippen molar-refractivity contribution in [1.29, 1.82) is 0 Å². The molecule has 5 heteroatoms. The van der Waals surface area contributed by atoms with Crippen molar-refractivity contribution in [1.82, 2.24) is 9.55 Å². The van der Waals surface area contributed by atoms with Gasteiger partial charge in [0.1, 0.15) is 5.82 Å². The Balaban J connectivity index is 2.13. The van der Waals surface area contributed by atoms with E-state index in [2.05, 4.69) is 4.98 Å². The molecule has 0 spiro atoms. The minimum absolute atomic E-state index is 0.357. The average molecular weight is 241 g/mol. The zero-order valence-corrected chi connectivity index (χ0v) is 9.54. The van der Waals surface area contributed by atoms with Gasteiger partial charge >= 0.3 is 5.76 Å². The Bertz CT molecular complexity index is 758. The van der Waals surface area contributed by atoms with Crippen molar-refractivity contribution >= 4 is 16.9 Å². The molecule has 0 aliphatic heterocycles. The quantitative estimate of drug-likeness (QED) is 0.739. The van der Waals surface area contributed by atoms with E-state index in [1.807, 2.05) is 24.3 Å². The summed E-state index contributed by atoms with van der Waals surface area (Å²) in [6, 6.07) is 10.9. The van der Waals surface area contributed by atoms with Gasteiger partial charge in [-0.15, -0.1) is 0 Å². The number of aromatic nitrogens is 2. The van der Waals surface area contributed by atoms with Gasteiger partial charge in [-0.1, -0.05) is 18.2 Å². The number of pyridine rings is 1. The highest BCUT2D eigenvalue weighted by Gasteiger charge is 2.10. The van der Waals surface area contributed by atoms with Crippen LogP contribution in [0.3, 0.4) is 0 Å². The van der Waals surface area contributed by atoms with Gasteiger partial charge in [0.25, 0.3) is 0 Å². The summed E-state index contributed by atoms with van der Waals surface area (Å²) in [7, 11) is 0. The van der Waals surface area contributed by atoms with E-state index < -0.39 is 0 Å². The highest BCUT2D eigenvalue weighted by molar-refractivity contribution is 5.72. The number of nitrogens with two attached hydrogens (primary N) is 1. The summed E-state index contributed by atoms with van der Waals surface area (Å²) in [5.41, 5.74) is 7.90. The van der Waals surface area contributed by atoms with Crippen molar-refractivity contribution in [3.8, 4) is 0 Å².